The van der Waals surface area contributed by atoms with E-state index < -0.39 is 0 Å². The van der Waals surface area contributed by atoms with E-state index in [-0.39, 0.29) is 0 Å². The molecule has 0 aliphatic carbocycles. The lowest BCUT2D eigenvalue weighted by Crippen LogP contribution is -1.77. The maximum Gasteiger partial charge on any atom is 0.129 e. The van der Waals surface area contributed by atoms with E-state index >= 15 is 0 Å². The molecule has 0 aliphatic rings. The molecule has 0 amide bonds. The minimum Gasteiger partial charge on any atom is -0.242 e. The topological polar surface area (TPSA) is 25.2 Å². The largest absolute Gasteiger partial charge is 0.242 e. The third kappa shape index (κ3) is 2.09. The minimum absolute atomic E-state index is 0.464. The van der Waals surface area contributed by atoms with Gasteiger partial charge in [-0.1, -0.05) is 11.6 Å². The molecule has 0 atom stereocenters. The number of thiocarbonyl (C=S) groups is 1. The first-order valence-corrected chi connectivity index (χ1v) is 3.72. The number of aliphatic imine (C=N–C) groups is 1. The standard InChI is InChI=1S/C7H5ClN2S/c1-5-2-7(8)9-3-6(5)10-4-11/h2-3H,1H3. The number of pyridine rings is 1. The van der Waals surface area contributed by atoms with E-state index in [4.69, 9.17) is 11.6 Å². The lowest BCUT2D eigenvalue weighted by molar-refractivity contribution is 1.26. The molecule has 0 unspecified atom stereocenters. The maximum absolute atomic E-state index is 5.62. The van der Waals surface area contributed by atoms with Gasteiger partial charge in [-0.05, 0) is 30.8 Å². The van der Waals surface area contributed by atoms with E-state index in [2.05, 4.69) is 27.4 Å². The first-order chi connectivity index (χ1) is 5.24. The number of hydrogen-bond donors (Lipinski definition) is 0. The molecule has 1 aromatic heterocycles. The van der Waals surface area contributed by atoms with Crippen LogP contribution in [0.5, 0.6) is 0 Å². The van der Waals surface area contributed by atoms with Crippen LogP contribution in [-0.2, 0) is 0 Å². The second-order valence-corrected chi connectivity index (χ2v) is 2.57. The lowest BCUT2D eigenvalue weighted by Gasteiger charge is -1.95. The molecule has 0 N–H and O–H groups in total. The quantitative estimate of drug-likeness (QED) is 0.381. The van der Waals surface area contributed by atoms with Crippen molar-refractivity contribution in [1.29, 1.82) is 0 Å². The van der Waals surface area contributed by atoms with Gasteiger partial charge in [0.05, 0.1) is 17.0 Å². The summed E-state index contributed by atoms with van der Waals surface area (Å²) in [5.41, 5.74) is 1.66. The van der Waals surface area contributed by atoms with E-state index in [1.165, 1.54) is 0 Å². The van der Waals surface area contributed by atoms with Crippen LogP contribution in [0.15, 0.2) is 17.3 Å². The van der Waals surface area contributed by atoms with Crippen molar-refractivity contribution in [2.75, 3.05) is 0 Å². The normalized spacial score (nSPS) is 8.91. The summed E-state index contributed by atoms with van der Waals surface area (Å²) in [6, 6.07) is 1.73. The van der Waals surface area contributed by atoms with Gasteiger partial charge in [-0.25, -0.2) is 4.98 Å². The van der Waals surface area contributed by atoms with Gasteiger partial charge >= 0.3 is 0 Å². The van der Waals surface area contributed by atoms with Crippen molar-refractivity contribution in [2.24, 2.45) is 4.99 Å². The van der Waals surface area contributed by atoms with Crippen LogP contribution in [-0.4, -0.2) is 10.1 Å². The fourth-order valence-corrected chi connectivity index (χ4v) is 0.992. The molecule has 0 bridgehead atoms. The van der Waals surface area contributed by atoms with Crippen LogP contribution < -0.4 is 0 Å². The molecule has 0 radical (unpaired) electrons. The first kappa shape index (κ1) is 8.34. The highest BCUT2D eigenvalue weighted by Crippen LogP contribution is 2.18. The fraction of sp³-hybridized carbons (Fsp3) is 0.143. The number of aryl methyl sites for hydroxylation is 1. The van der Waals surface area contributed by atoms with E-state index in [0.29, 0.717) is 10.8 Å². The molecule has 1 aromatic rings. The summed E-state index contributed by atoms with van der Waals surface area (Å²) >= 11 is 10.1. The van der Waals surface area contributed by atoms with Crippen molar-refractivity contribution in [3.05, 3.63) is 23.0 Å². The predicted octanol–water partition coefficient (Wildman–Crippen LogP) is 2.78. The Balaban J connectivity index is 3.19. The molecule has 2 nitrogen and oxygen atoms in total. The zero-order chi connectivity index (χ0) is 8.27. The Hall–Kier alpha value is -0.760. The lowest BCUT2D eigenvalue weighted by atomic mass is 10.3. The molecular weight excluding hydrogens is 180 g/mol. The van der Waals surface area contributed by atoms with Gasteiger partial charge in [-0.3, -0.25) is 0 Å². The van der Waals surface area contributed by atoms with Crippen molar-refractivity contribution >= 4 is 34.7 Å². The van der Waals surface area contributed by atoms with Gasteiger partial charge in [0, 0.05) is 0 Å². The molecule has 56 valence electrons. The van der Waals surface area contributed by atoms with Crippen molar-refractivity contribution in [2.45, 2.75) is 6.92 Å². The average Bonchev–Trinajstić information content (AvgIpc) is 1.95. The molecule has 0 aliphatic heterocycles. The summed E-state index contributed by atoms with van der Waals surface area (Å²) in [5, 5.41) is 2.73. The van der Waals surface area contributed by atoms with Gasteiger partial charge in [0.25, 0.3) is 0 Å². The van der Waals surface area contributed by atoms with Crippen molar-refractivity contribution in [3.8, 4) is 0 Å². The van der Waals surface area contributed by atoms with Crippen LogP contribution >= 0.6 is 23.8 Å². The molecule has 0 saturated heterocycles. The van der Waals surface area contributed by atoms with Crippen LogP contribution in [0.3, 0.4) is 0 Å². The zero-order valence-electron chi connectivity index (χ0n) is 5.84. The summed E-state index contributed by atoms with van der Waals surface area (Å²) in [4.78, 5) is 7.63. The molecule has 1 heterocycles. The Bertz CT molecular complexity index is 318. The van der Waals surface area contributed by atoms with Crippen LogP contribution in [0.2, 0.25) is 5.15 Å². The molecule has 4 heteroatoms. The van der Waals surface area contributed by atoms with Crippen molar-refractivity contribution in [3.63, 3.8) is 0 Å². The van der Waals surface area contributed by atoms with Gasteiger partial charge < -0.3 is 0 Å². The number of hydrogen-bond acceptors (Lipinski definition) is 3. The zero-order valence-corrected chi connectivity index (χ0v) is 7.41. The summed E-state index contributed by atoms with van der Waals surface area (Å²) in [7, 11) is 0. The monoisotopic (exact) mass is 184 g/mol. The number of halogens is 1. The van der Waals surface area contributed by atoms with Gasteiger partial charge in [0.15, 0.2) is 0 Å². The van der Waals surface area contributed by atoms with Gasteiger partial charge in [-0.15, -0.1) is 0 Å². The third-order valence-corrected chi connectivity index (χ3v) is 1.51. The number of nitrogens with zero attached hydrogens (tertiary/aromatic N) is 2. The summed E-state index contributed by atoms with van der Waals surface area (Å²) in [6.07, 6.45) is 1.57. The smallest absolute Gasteiger partial charge is 0.129 e. The fourth-order valence-electron chi connectivity index (χ4n) is 0.681. The summed E-state index contributed by atoms with van der Waals surface area (Å²) < 4.78 is 0. The Morgan fingerprint density at radius 1 is 1.73 bits per heavy atom. The molecule has 0 fully saturated rings. The first-order valence-electron chi connectivity index (χ1n) is 2.94. The van der Waals surface area contributed by atoms with Gasteiger partial charge in [-0.2, -0.15) is 4.99 Å². The maximum atomic E-state index is 5.62. The molecule has 0 aromatic carbocycles. The highest BCUT2D eigenvalue weighted by Gasteiger charge is 1.96. The highest BCUT2D eigenvalue weighted by molar-refractivity contribution is 7.78. The summed E-state index contributed by atoms with van der Waals surface area (Å²) in [5.74, 6) is 0. The van der Waals surface area contributed by atoms with Gasteiger partial charge in [0.1, 0.15) is 5.15 Å². The molecule has 1 rings (SSSR count). The summed E-state index contributed by atoms with van der Waals surface area (Å²) in [6.45, 7) is 1.89. The van der Waals surface area contributed by atoms with Gasteiger partial charge in [0.2, 0.25) is 0 Å². The molecule has 0 saturated carbocycles. The Morgan fingerprint density at radius 3 is 3.00 bits per heavy atom. The van der Waals surface area contributed by atoms with Crippen LogP contribution in [0.4, 0.5) is 5.69 Å². The van der Waals surface area contributed by atoms with E-state index in [1.807, 2.05) is 6.92 Å². The Kier molecular flexibility index (Phi) is 2.71. The predicted molar refractivity (Wildman–Crippen MR) is 48.7 cm³/mol. The van der Waals surface area contributed by atoms with E-state index in [9.17, 15) is 0 Å². The van der Waals surface area contributed by atoms with E-state index in [0.717, 1.165) is 5.56 Å². The van der Waals surface area contributed by atoms with Crippen LogP contribution in [0.1, 0.15) is 5.56 Å². The second-order valence-electron chi connectivity index (χ2n) is 2.00. The molecular formula is C7H5ClN2S. The molecule has 0 spiro atoms. The SMILES string of the molecule is Cc1cc(Cl)ncc1N=C=S. The Labute approximate surface area is 74.9 Å². The average molecular weight is 185 g/mol. The molecule has 11 heavy (non-hydrogen) atoms. The van der Waals surface area contributed by atoms with E-state index in [1.54, 1.807) is 12.3 Å². The highest BCUT2D eigenvalue weighted by atomic mass is 35.5. The van der Waals surface area contributed by atoms with Crippen molar-refractivity contribution in [1.82, 2.24) is 4.98 Å². The number of rotatable bonds is 1. The second kappa shape index (κ2) is 3.58. The minimum atomic E-state index is 0.464. The van der Waals surface area contributed by atoms with Crippen LogP contribution in [0, 0.1) is 6.92 Å². The van der Waals surface area contributed by atoms with Crippen LogP contribution in [0.25, 0.3) is 0 Å². The van der Waals surface area contributed by atoms with Crippen molar-refractivity contribution < 1.29 is 0 Å². The number of aromatic nitrogens is 1. The Morgan fingerprint density at radius 2 is 2.45 bits per heavy atom. The number of isothiocyanates is 1. The third-order valence-electron chi connectivity index (χ3n) is 1.22.